The standard InChI is InChI=1S/C26H19ClF3NO5/c1-14-4-3-5-15(12-14)22-21(23(32)19-13-18(35-2)10-11-20(19)27)24(33)25(34)31(22)16-6-8-17(9-7-16)36-26(28,29)30/h3-13,22,32H,1-2H3/b23-21+. The topological polar surface area (TPSA) is 76.1 Å². The molecule has 10 heteroatoms. The van der Waals surface area contributed by atoms with Crippen molar-refractivity contribution >= 4 is 34.7 Å². The predicted octanol–water partition coefficient (Wildman–Crippen LogP) is 6.18. The molecule has 0 saturated carbocycles. The van der Waals surface area contributed by atoms with E-state index in [1.54, 1.807) is 24.3 Å². The van der Waals surface area contributed by atoms with Crippen LogP contribution in [0.4, 0.5) is 18.9 Å². The zero-order valence-electron chi connectivity index (χ0n) is 19.0. The van der Waals surface area contributed by atoms with Gasteiger partial charge in [0.05, 0.1) is 23.7 Å². The van der Waals surface area contributed by atoms with Crippen molar-refractivity contribution in [1.82, 2.24) is 0 Å². The molecule has 1 saturated heterocycles. The zero-order chi connectivity index (χ0) is 26.2. The summed E-state index contributed by atoms with van der Waals surface area (Å²) in [6.45, 7) is 1.82. The van der Waals surface area contributed by atoms with Crippen molar-refractivity contribution in [2.75, 3.05) is 12.0 Å². The number of methoxy groups -OCH3 is 1. The van der Waals surface area contributed by atoms with E-state index in [0.717, 1.165) is 22.6 Å². The van der Waals surface area contributed by atoms with Crippen LogP contribution in [0.2, 0.25) is 5.02 Å². The van der Waals surface area contributed by atoms with Crippen molar-refractivity contribution in [3.8, 4) is 11.5 Å². The molecule has 186 valence electrons. The van der Waals surface area contributed by atoms with Crippen molar-refractivity contribution in [1.29, 1.82) is 0 Å². The van der Waals surface area contributed by atoms with Gasteiger partial charge in [0.2, 0.25) is 0 Å². The van der Waals surface area contributed by atoms with E-state index >= 15 is 0 Å². The van der Waals surface area contributed by atoms with Crippen LogP contribution in [0.25, 0.3) is 5.76 Å². The van der Waals surface area contributed by atoms with E-state index in [9.17, 15) is 27.9 Å². The Kier molecular flexibility index (Phi) is 6.69. The van der Waals surface area contributed by atoms with Crippen LogP contribution < -0.4 is 14.4 Å². The molecular formula is C26H19ClF3NO5. The minimum atomic E-state index is -4.89. The third-order valence-corrected chi connectivity index (χ3v) is 5.91. The summed E-state index contributed by atoms with van der Waals surface area (Å²) < 4.78 is 46.8. The molecule has 1 aliphatic rings. The summed E-state index contributed by atoms with van der Waals surface area (Å²) in [5.74, 6) is -2.58. The van der Waals surface area contributed by atoms with Crippen LogP contribution in [0.5, 0.6) is 11.5 Å². The smallest absolute Gasteiger partial charge is 0.507 e. The molecule has 1 aliphatic heterocycles. The highest BCUT2D eigenvalue weighted by Crippen LogP contribution is 2.44. The SMILES string of the molecule is COc1ccc(Cl)c(/C(O)=C2\C(=O)C(=O)N(c3ccc(OC(F)(F)F)cc3)C2c2cccc(C)c2)c1. The van der Waals surface area contributed by atoms with Gasteiger partial charge in [-0.3, -0.25) is 14.5 Å². The number of hydrogen-bond acceptors (Lipinski definition) is 5. The summed E-state index contributed by atoms with van der Waals surface area (Å²) >= 11 is 6.29. The minimum Gasteiger partial charge on any atom is -0.507 e. The first kappa shape index (κ1) is 25.1. The number of hydrogen-bond donors (Lipinski definition) is 1. The fraction of sp³-hybridized carbons (Fsp3) is 0.154. The largest absolute Gasteiger partial charge is 0.573 e. The molecule has 0 spiro atoms. The van der Waals surface area contributed by atoms with E-state index in [-0.39, 0.29) is 21.8 Å². The molecule has 1 fully saturated rings. The number of nitrogens with zero attached hydrogens (tertiary/aromatic N) is 1. The second-order valence-corrected chi connectivity index (χ2v) is 8.38. The molecule has 1 N–H and O–H groups in total. The maximum absolute atomic E-state index is 13.2. The third-order valence-electron chi connectivity index (χ3n) is 5.58. The average Bonchev–Trinajstić information content (AvgIpc) is 3.09. The first-order valence-corrected chi connectivity index (χ1v) is 10.9. The first-order valence-electron chi connectivity index (χ1n) is 10.6. The van der Waals surface area contributed by atoms with Gasteiger partial charge in [0.1, 0.15) is 17.3 Å². The lowest BCUT2D eigenvalue weighted by atomic mass is 9.94. The molecule has 4 rings (SSSR count). The van der Waals surface area contributed by atoms with Crippen molar-refractivity contribution in [2.45, 2.75) is 19.3 Å². The molecule has 1 atom stereocenters. The normalized spacial score (nSPS) is 17.4. The number of aryl methyl sites for hydroxylation is 1. The molecule has 0 aliphatic carbocycles. The van der Waals surface area contributed by atoms with Gasteiger partial charge in [-0.1, -0.05) is 41.4 Å². The lowest BCUT2D eigenvalue weighted by Gasteiger charge is -2.26. The van der Waals surface area contributed by atoms with Crippen molar-refractivity contribution in [3.63, 3.8) is 0 Å². The van der Waals surface area contributed by atoms with Gasteiger partial charge in [0.25, 0.3) is 11.7 Å². The molecular weight excluding hydrogens is 499 g/mol. The minimum absolute atomic E-state index is 0.0839. The lowest BCUT2D eigenvalue weighted by molar-refractivity contribution is -0.274. The third kappa shape index (κ3) is 4.87. The van der Waals surface area contributed by atoms with Gasteiger partial charge in [0, 0.05) is 11.3 Å². The zero-order valence-corrected chi connectivity index (χ0v) is 19.7. The second-order valence-electron chi connectivity index (χ2n) is 7.97. The fourth-order valence-electron chi connectivity index (χ4n) is 4.02. The monoisotopic (exact) mass is 517 g/mol. The number of halogens is 4. The van der Waals surface area contributed by atoms with Crippen LogP contribution in [0.3, 0.4) is 0 Å². The Morgan fingerprint density at radius 2 is 1.67 bits per heavy atom. The number of Topliss-reactive ketones (excluding diaryl/α,β-unsaturated/α-hetero) is 1. The Morgan fingerprint density at radius 1 is 1.00 bits per heavy atom. The summed E-state index contributed by atoms with van der Waals surface area (Å²) in [5.41, 5.74) is 1.32. The highest BCUT2D eigenvalue weighted by atomic mass is 35.5. The number of benzene rings is 3. The molecule has 0 radical (unpaired) electrons. The highest BCUT2D eigenvalue weighted by Gasteiger charge is 2.47. The van der Waals surface area contributed by atoms with E-state index in [4.69, 9.17) is 16.3 Å². The number of rotatable bonds is 5. The van der Waals surface area contributed by atoms with E-state index < -0.39 is 35.6 Å². The summed E-state index contributed by atoms with van der Waals surface area (Å²) in [4.78, 5) is 27.6. The quantitative estimate of drug-likeness (QED) is 0.248. The Morgan fingerprint density at radius 3 is 2.28 bits per heavy atom. The number of aliphatic hydroxyl groups excluding tert-OH is 1. The van der Waals surface area contributed by atoms with Crippen LogP contribution >= 0.6 is 11.6 Å². The molecule has 36 heavy (non-hydrogen) atoms. The molecule has 1 amide bonds. The molecule has 1 heterocycles. The van der Waals surface area contributed by atoms with Gasteiger partial charge in [-0.05, 0) is 55.0 Å². The lowest BCUT2D eigenvalue weighted by Crippen LogP contribution is -2.29. The molecule has 1 unspecified atom stereocenters. The molecule has 3 aromatic rings. The molecule has 0 bridgehead atoms. The van der Waals surface area contributed by atoms with Gasteiger partial charge in [-0.25, -0.2) is 0 Å². The van der Waals surface area contributed by atoms with Gasteiger partial charge in [-0.15, -0.1) is 13.2 Å². The van der Waals surface area contributed by atoms with E-state index in [1.807, 2.05) is 13.0 Å². The molecule has 6 nitrogen and oxygen atoms in total. The number of carbonyl (C=O) groups is 2. The fourth-order valence-corrected chi connectivity index (χ4v) is 4.23. The summed E-state index contributed by atoms with van der Waals surface area (Å²) in [6.07, 6.45) is -4.89. The number of alkyl halides is 3. The van der Waals surface area contributed by atoms with Crippen LogP contribution in [0.1, 0.15) is 22.7 Å². The first-order chi connectivity index (χ1) is 17.0. The number of carbonyl (C=O) groups excluding carboxylic acids is 2. The van der Waals surface area contributed by atoms with E-state index in [1.165, 1.54) is 31.4 Å². The van der Waals surface area contributed by atoms with E-state index in [2.05, 4.69) is 4.74 Å². The Labute approximate surface area is 209 Å². The van der Waals surface area contributed by atoms with Crippen molar-refractivity contribution < 1.29 is 37.3 Å². The summed E-state index contributed by atoms with van der Waals surface area (Å²) in [5, 5.41) is 11.4. The maximum Gasteiger partial charge on any atom is 0.573 e. The number of anilines is 1. The van der Waals surface area contributed by atoms with Crippen molar-refractivity contribution in [2.24, 2.45) is 0 Å². The second kappa shape index (κ2) is 9.58. The average molecular weight is 518 g/mol. The maximum atomic E-state index is 13.2. The van der Waals surface area contributed by atoms with Crippen LogP contribution in [-0.2, 0) is 9.59 Å². The number of ketones is 1. The van der Waals surface area contributed by atoms with Crippen LogP contribution in [0.15, 0.2) is 72.3 Å². The molecule has 3 aromatic carbocycles. The number of aliphatic hydroxyl groups is 1. The van der Waals surface area contributed by atoms with Gasteiger partial charge in [-0.2, -0.15) is 0 Å². The Bertz CT molecular complexity index is 1370. The Hall–Kier alpha value is -3.98. The van der Waals surface area contributed by atoms with Crippen LogP contribution in [-0.4, -0.2) is 30.3 Å². The number of amides is 1. The summed E-state index contributed by atoms with van der Waals surface area (Å²) in [7, 11) is 1.42. The molecule has 0 aromatic heterocycles. The van der Waals surface area contributed by atoms with Gasteiger partial charge in [0.15, 0.2) is 0 Å². The van der Waals surface area contributed by atoms with Gasteiger partial charge >= 0.3 is 6.36 Å². The van der Waals surface area contributed by atoms with Gasteiger partial charge < -0.3 is 14.6 Å². The summed E-state index contributed by atoms with van der Waals surface area (Å²) in [6, 6.07) is 14.9. The van der Waals surface area contributed by atoms with Crippen LogP contribution in [0, 0.1) is 6.92 Å². The van der Waals surface area contributed by atoms with E-state index in [0.29, 0.717) is 11.3 Å². The Balaban J connectivity index is 1.89. The highest BCUT2D eigenvalue weighted by molar-refractivity contribution is 6.52. The predicted molar refractivity (Wildman–Crippen MR) is 127 cm³/mol. The number of ether oxygens (including phenoxy) is 2. The van der Waals surface area contributed by atoms with Crippen molar-refractivity contribution in [3.05, 3.63) is 94.0 Å².